The van der Waals surface area contributed by atoms with Gasteiger partial charge in [0.2, 0.25) is 17.6 Å². The van der Waals surface area contributed by atoms with E-state index in [1.165, 1.54) is 11.8 Å². The molecular formula is C28H41Cl2N5O7. The monoisotopic (exact) mass is 629 g/mol. The van der Waals surface area contributed by atoms with Gasteiger partial charge in [-0.2, -0.15) is 0 Å². The maximum absolute atomic E-state index is 14.2. The fourth-order valence-corrected chi connectivity index (χ4v) is 5.77. The van der Waals surface area contributed by atoms with E-state index < -0.39 is 82.3 Å². The lowest BCUT2D eigenvalue weighted by molar-refractivity contribution is -0.142. The van der Waals surface area contributed by atoms with Crippen molar-refractivity contribution in [1.29, 1.82) is 0 Å². The number of likely N-dealkylation sites (tertiary alicyclic amines) is 1. The van der Waals surface area contributed by atoms with Gasteiger partial charge in [-0.15, -0.1) is 35.5 Å². The van der Waals surface area contributed by atoms with Crippen LogP contribution < -0.4 is 21.7 Å². The molecule has 14 heteroatoms. The number of primary amides is 1. The minimum absolute atomic E-state index is 0.0644. The fourth-order valence-electron chi connectivity index (χ4n) is 5.30. The Hall–Kier alpha value is -3.04. The number of carbonyl (C=O) groups excluding carboxylic acids is 6. The van der Waals surface area contributed by atoms with Gasteiger partial charge in [0.25, 0.3) is 5.91 Å². The normalized spacial score (nSPS) is 22.4. The van der Waals surface area contributed by atoms with E-state index in [0.717, 1.165) is 19.3 Å². The van der Waals surface area contributed by atoms with Gasteiger partial charge in [-0.3, -0.25) is 24.0 Å². The van der Waals surface area contributed by atoms with Crippen LogP contribution in [0, 0.1) is 35.5 Å². The number of rotatable bonds is 11. The van der Waals surface area contributed by atoms with Crippen molar-refractivity contribution in [3.8, 4) is 12.3 Å². The van der Waals surface area contributed by atoms with E-state index in [1.54, 1.807) is 0 Å². The summed E-state index contributed by atoms with van der Waals surface area (Å²) in [6.07, 6.45) is 9.79. The second kappa shape index (κ2) is 15.4. The second-order valence-electron chi connectivity index (χ2n) is 11.8. The molecule has 0 aromatic rings. The zero-order valence-corrected chi connectivity index (χ0v) is 25.9. The highest BCUT2D eigenvalue weighted by Crippen LogP contribution is 2.37. The fraction of sp³-hybridized carbons (Fsp3) is 0.714. The maximum atomic E-state index is 14.2. The van der Waals surface area contributed by atoms with Crippen LogP contribution in [-0.4, -0.2) is 83.1 Å². The molecular weight excluding hydrogens is 589 g/mol. The van der Waals surface area contributed by atoms with Crippen LogP contribution in [0.4, 0.5) is 4.79 Å². The molecule has 2 aliphatic rings. The van der Waals surface area contributed by atoms with Crippen LogP contribution in [0.2, 0.25) is 0 Å². The zero-order valence-electron chi connectivity index (χ0n) is 24.4. The third-order valence-electron chi connectivity index (χ3n) is 7.79. The number of esters is 1. The van der Waals surface area contributed by atoms with Crippen molar-refractivity contribution in [2.75, 3.05) is 19.7 Å². The Labute approximate surface area is 256 Å². The number of amides is 5. The van der Waals surface area contributed by atoms with Crippen molar-refractivity contribution >= 4 is 58.7 Å². The molecule has 5 amide bonds. The maximum Gasteiger partial charge on any atom is 0.315 e. The molecule has 2 fully saturated rings. The molecule has 12 nitrogen and oxygen atoms in total. The summed E-state index contributed by atoms with van der Waals surface area (Å²) >= 11 is 12.4. The minimum atomic E-state index is -1.27. The molecule has 2 unspecified atom stereocenters. The summed E-state index contributed by atoms with van der Waals surface area (Å²) in [5.41, 5.74) is 4.50. The van der Waals surface area contributed by atoms with Gasteiger partial charge in [-0.1, -0.05) is 40.0 Å². The molecule has 1 heterocycles. The Morgan fingerprint density at radius 3 is 2.19 bits per heavy atom. The molecule has 1 saturated heterocycles. The lowest BCUT2D eigenvalue weighted by atomic mass is 9.83. The van der Waals surface area contributed by atoms with Crippen molar-refractivity contribution in [2.24, 2.45) is 28.9 Å². The number of carbonyl (C=O) groups is 6. The Kier molecular flexibility index (Phi) is 12.9. The number of ether oxygens (including phenoxy) is 1. The van der Waals surface area contributed by atoms with E-state index in [1.807, 2.05) is 20.8 Å². The number of nitrogens with zero attached hydrogens (tertiary/aromatic N) is 1. The first kappa shape index (κ1) is 35.2. The van der Waals surface area contributed by atoms with E-state index in [4.69, 9.17) is 40.1 Å². The first-order valence-electron chi connectivity index (χ1n) is 13.9. The molecule has 1 aliphatic carbocycles. The van der Waals surface area contributed by atoms with Crippen LogP contribution in [0.5, 0.6) is 0 Å². The number of hydrogen-bond acceptors (Lipinski definition) is 7. The van der Waals surface area contributed by atoms with Crippen LogP contribution in [0.15, 0.2) is 0 Å². The third-order valence-corrected chi connectivity index (χ3v) is 8.44. The van der Waals surface area contributed by atoms with Gasteiger partial charge >= 0.3 is 12.0 Å². The molecule has 1 saturated carbocycles. The Balaban J connectivity index is 2.38. The van der Waals surface area contributed by atoms with Crippen molar-refractivity contribution < 1.29 is 33.5 Å². The van der Waals surface area contributed by atoms with Gasteiger partial charge in [0.15, 0.2) is 0 Å². The molecule has 0 spiro atoms. The number of ketones is 1. The molecule has 0 aromatic heterocycles. The van der Waals surface area contributed by atoms with Crippen molar-refractivity contribution in [3.05, 3.63) is 0 Å². The molecule has 42 heavy (non-hydrogen) atoms. The molecule has 0 bridgehead atoms. The predicted octanol–water partition coefficient (Wildman–Crippen LogP) is 1.26. The SMILES string of the molecule is C#CC1[C@@H](C(Cl)Cl)CN(C(=O)[C@@H](NC(=O)NC(COC(C)=O)C(C)(C)C)C2CCCCC2)[C@@H]1C(=O)NCC(=O)C(N)=O. The van der Waals surface area contributed by atoms with Crippen molar-refractivity contribution in [1.82, 2.24) is 20.9 Å². The number of halogens is 2. The summed E-state index contributed by atoms with van der Waals surface area (Å²) in [4.78, 5) is 75.3. The van der Waals surface area contributed by atoms with E-state index >= 15 is 0 Å². The van der Waals surface area contributed by atoms with Crippen LogP contribution >= 0.6 is 23.2 Å². The van der Waals surface area contributed by atoms with Crippen LogP contribution in [0.3, 0.4) is 0 Å². The van der Waals surface area contributed by atoms with Crippen molar-refractivity contribution in [2.45, 2.75) is 82.8 Å². The summed E-state index contributed by atoms with van der Waals surface area (Å²) in [5, 5.41) is 7.96. The summed E-state index contributed by atoms with van der Waals surface area (Å²) < 4.78 is 5.14. The minimum Gasteiger partial charge on any atom is -0.464 e. The quantitative estimate of drug-likeness (QED) is 0.115. The lowest BCUT2D eigenvalue weighted by Crippen LogP contribution is -2.60. The van der Waals surface area contributed by atoms with Gasteiger partial charge in [0, 0.05) is 19.4 Å². The molecule has 5 N–H and O–H groups in total. The number of hydrogen-bond donors (Lipinski definition) is 4. The number of Topliss-reactive ketones (excluding diaryl/α,β-unsaturated/α-hetero) is 1. The summed E-state index contributed by atoms with van der Waals surface area (Å²) in [7, 11) is 0. The van der Waals surface area contributed by atoms with E-state index in [2.05, 4.69) is 21.9 Å². The number of nitrogens with one attached hydrogen (secondary N) is 3. The molecule has 2 rings (SSSR count). The Morgan fingerprint density at radius 1 is 1.07 bits per heavy atom. The molecule has 5 atom stereocenters. The first-order chi connectivity index (χ1) is 19.6. The first-order valence-corrected chi connectivity index (χ1v) is 14.8. The highest BCUT2D eigenvalue weighted by molar-refractivity contribution is 6.44. The largest absolute Gasteiger partial charge is 0.464 e. The van der Waals surface area contributed by atoms with E-state index in [9.17, 15) is 28.8 Å². The summed E-state index contributed by atoms with van der Waals surface area (Å²) in [5.74, 6) is -3.39. The van der Waals surface area contributed by atoms with Crippen molar-refractivity contribution in [3.63, 3.8) is 0 Å². The number of terminal acetylenes is 1. The van der Waals surface area contributed by atoms with E-state index in [-0.39, 0.29) is 19.1 Å². The number of alkyl halides is 2. The van der Waals surface area contributed by atoms with Gasteiger partial charge in [0.05, 0.1) is 18.5 Å². The second-order valence-corrected chi connectivity index (χ2v) is 13.0. The number of urea groups is 1. The highest BCUT2D eigenvalue weighted by atomic mass is 35.5. The molecule has 0 radical (unpaired) electrons. The Bertz CT molecular complexity index is 1080. The van der Waals surface area contributed by atoms with Gasteiger partial charge < -0.3 is 31.3 Å². The smallest absolute Gasteiger partial charge is 0.315 e. The van der Waals surface area contributed by atoms with E-state index in [0.29, 0.717) is 12.8 Å². The average Bonchev–Trinajstić information content (AvgIpc) is 3.32. The summed E-state index contributed by atoms with van der Waals surface area (Å²) in [6.45, 7) is 6.07. The van der Waals surface area contributed by atoms with Gasteiger partial charge in [-0.05, 0) is 24.2 Å². The predicted molar refractivity (Wildman–Crippen MR) is 156 cm³/mol. The zero-order chi connectivity index (χ0) is 31.8. The van der Waals surface area contributed by atoms with Crippen LogP contribution in [0.25, 0.3) is 0 Å². The molecule has 1 aliphatic heterocycles. The highest BCUT2D eigenvalue weighted by Gasteiger charge is 2.51. The standard InChI is InChI=1S/C28H41Cl2N5O7/c1-6-17-18(23(29)30)13-35(22(17)25(39)32-12-19(37)24(31)38)26(40)21(16-10-8-7-9-11-16)34-27(41)33-20(28(3,4)5)14-42-15(2)36/h1,16-18,20-23H,7-14H2,2-5H3,(H2,31,38)(H,32,39)(H2,33,34,41)/t17?,18-,20?,21-,22-/m0/s1. The topological polar surface area (TPSA) is 177 Å². The molecule has 0 aromatic carbocycles. The van der Waals surface area contributed by atoms with Gasteiger partial charge in [-0.25, -0.2) is 4.79 Å². The van der Waals surface area contributed by atoms with Gasteiger partial charge in [0.1, 0.15) is 23.5 Å². The lowest BCUT2D eigenvalue weighted by Gasteiger charge is -2.36. The molecule has 234 valence electrons. The van der Waals surface area contributed by atoms with Crippen LogP contribution in [-0.2, 0) is 28.7 Å². The third kappa shape index (κ3) is 9.49. The number of nitrogens with two attached hydrogens (primary N) is 1. The Morgan fingerprint density at radius 2 is 1.69 bits per heavy atom. The van der Waals surface area contributed by atoms with Crippen LogP contribution in [0.1, 0.15) is 59.8 Å². The summed E-state index contributed by atoms with van der Waals surface area (Å²) in [6, 6.07) is -3.50. The average molecular weight is 631 g/mol.